The van der Waals surface area contributed by atoms with E-state index in [2.05, 4.69) is 47.9 Å². The number of benzene rings is 1. The molecule has 0 aliphatic carbocycles. The molecule has 1 saturated heterocycles. The number of hydrogen-bond acceptors (Lipinski definition) is 3. The van der Waals surface area contributed by atoms with Gasteiger partial charge in [-0.05, 0) is 18.9 Å². The number of rotatable bonds is 6. The van der Waals surface area contributed by atoms with E-state index in [1.54, 1.807) is 0 Å². The Kier molecular flexibility index (Phi) is 4.98. The van der Waals surface area contributed by atoms with Crippen LogP contribution < -0.4 is 10.6 Å². The van der Waals surface area contributed by atoms with Crippen molar-refractivity contribution in [2.24, 2.45) is 0 Å². The van der Waals surface area contributed by atoms with Crippen LogP contribution in [0.25, 0.3) is 0 Å². The second-order valence-corrected chi connectivity index (χ2v) is 4.53. The van der Waals surface area contributed by atoms with Crippen LogP contribution in [0.3, 0.4) is 0 Å². The van der Waals surface area contributed by atoms with Crippen molar-refractivity contribution in [1.82, 2.24) is 10.6 Å². The standard InChI is InChI=1S/C14H22N2O/c1-2-17-14-8-13(16-11-14)10-15-9-12-6-4-3-5-7-12/h3-7,13-16H,2,8-11H2,1H3/t13-,14+/m0/s1. The lowest BCUT2D eigenvalue weighted by atomic mass is 10.2. The van der Waals surface area contributed by atoms with Crippen LogP contribution in [0.1, 0.15) is 18.9 Å². The molecule has 1 fully saturated rings. The highest BCUT2D eigenvalue weighted by molar-refractivity contribution is 5.14. The van der Waals surface area contributed by atoms with Gasteiger partial charge in [-0.25, -0.2) is 0 Å². The van der Waals surface area contributed by atoms with Crippen LogP contribution >= 0.6 is 0 Å². The van der Waals surface area contributed by atoms with E-state index in [9.17, 15) is 0 Å². The summed E-state index contributed by atoms with van der Waals surface area (Å²) in [6, 6.07) is 11.1. The van der Waals surface area contributed by atoms with Crippen molar-refractivity contribution in [3.8, 4) is 0 Å². The van der Waals surface area contributed by atoms with Crippen LogP contribution in [-0.2, 0) is 11.3 Å². The Morgan fingerprint density at radius 1 is 1.35 bits per heavy atom. The first kappa shape index (κ1) is 12.6. The van der Waals surface area contributed by atoms with E-state index in [0.29, 0.717) is 12.1 Å². The van der Waals surface area contributed by atoms with Gasteiger partial charge >= 0.3 is 0 Å². The third kappa shape index (κ3) is 4.11. The van der Waals surface area contributed by atoms with Gasteiger partial charge in [0.25, 0.3) is 0 Å². The second kappa shape index (κ2) is 6.74. The molecule has 3 nitrogen and oxygen atoms in total. The van der Waals surface area contributed by atoms with Crippen molar-refractivity contribution in [3.63, 3.8) is 0 Å². The first-order valence-electron chi connectivity index (χ1n) is 6.48. The summed E-state index contributed by atoms with van der Waals surface area (Å²) in [5.41, 5.74) is 1.34. The lowest BCUT2D eigenvalue weighted by molar-refractivity contribution is 0.0757. The minimum atomic E-state index is 0.406. The van der Waals surface area contributed by atoms with Crippen molar-refractivity contribution in [3.05, 3.63) is 35.9 Å². The molecule has 3 heteroatoms. The molecule has 2 atom stereocenters. The molecule has 1 aromatic carbocycles. The van der Waals surface area contributed by atoms with E-state index in [-0.39, 0.29) is 0 Å². The largest absolute Gasteiger partial charge is 0.377 e. The van der Waals surface area contributed by atoms with Crippen molar-refractivity contribution < 1.29 is 4.74 Å². The van der Waals surface area contributed by atoms with E-state index in [1.807, 2.05) is 0 Å². The predicted molar refractivity (Wildman–Crippen MR) is 70.0 cm³/mol. The Balaban J connectivity index is 1.63. The van der Waals surface area contributed by atoms with Gasteiger partial charge in [0.2, 0.25) is 0 Å². The van der Waals surface area contributed by atoms with Crippen molar-refractivity contribution in [2.45, 2.75) is 32.0 Å². The van der Waals surface area contributed by atoms with Gasteiger partial charge in [-0.1, -0.05) is 30.3 Å². The Bertz CT molecular complexity index is 315. The average molecular weight is 234 g/mol. The molecule has 1 heterocycles. The van der Waals surface area contributed by atoms with Gasteiger partial charge < -0.3 is 15.4 Å². The summed E-state index contributed by atoms with van der Waals surface area (Å²) in [4.78, 5) is 0. The van der Waals surface area contributed by atoms with Crippen LogP contribution in [-0.4, -0.2) is 31.8 Å². The highest BCUT2D eigenvalue weighted by Crippen LogP contribution is 2.09. The van der Waals surface area contributed by atoms with E-state index in [0.717, 1.165) is 32.7 Å². The Labute approximate surface area is 104 Å². The molecule has 2 N–H and O–H groups in total. The summed E-state index contributed by atoms with van der Waals surface area (Å²) in [5.74, 6) is 0. The summed E-state index contributed by atoms with van der Waals surface area (Å²) >= 11 is 0. The summed E-state index contributed by atoms with van der Waals surface area (Å²) in [7, 11) is 0. The Morgan fingerprint density at radius 3 is 2.94 bits per heavy atom. The van der Waals surface area contributed by atoms with Gasteiger partial charge in [0, 0.05) is 32.3 Å². The smallest absolute Gasteiger partial charge is 0.0714 e. The maximum Gasteiger partial charge on any atom is 0.0714 e. The van der Waals surface area contributed by atoms with Crippen LogP contribution in [0.2, 0.25) is 0 Å². The summed E-state index contributed by atoms with van der Waals surface area (Å²) in [6.07, 6.45) is 1.53. The summed E-state index contributed by atoms with van der Waals surface area (Å²) < 4.78 is 5.61. The van der Waals surface area contributed by atoms with Gasteiger partial charge in [0.05, 0.1) is 6.10 Å². The normalized spacial score (nSPS) is 24.1. The molecule has 1 aromatic rings. The first-order valence-corrected chi connectivity index (χ1v) is 6.48. The molecule has 0 amide bonds. The fraction of sp³-hybridized carbons (Fsp3) is 0.571. The SMILES string of the molecule is CCO[C@H]1CN[C@H](CNCc2ccccc2)C1. The van der Waals surface area contributed by atoms with E-state index < -0.39 is 0 Å². The zero-order chi connectivity index (χ0) is 11.9. The molecule has 17 heavy (non-hydrogen) atoms. The van der Waals surface area contributed by atoms with Crippen molar-refractivity contribution >= 4 is 0 Å². The zero-order valence-corrected chi connectivity index (χ0v) is 10.5. The number of ether oxygens (including phenoxy) is 1. The minimum absolute atomic E-state index is 0.406. The maximum absolute atomic E-state index is 5.61. The lowest BCUT2D eigenvalue weighted by Gasteiger charge is -2.12. The second-order valence-electron chi connectivity index (χ2n) is 4.53. The molecule has 0 saturated carbocycles. The molecular weight excluding hydrogens is 212 g/mol. The fourth-order valence-corrected chi connectivity index (χ4v) is 2.29. The number of nitrogens with one attached hydrogen (secondary N) is 2. The van der Waals surface area contributed by atoms with Gasteiger partial charge in [0.1, 0.15) is 0 Å². The molecule has 0 bridgehead atoms. The lowest BCUT2D eigenvalue weighted by Crippen LogP contribution is -2.33. The molecule has 0 aromatic heterocycles. The van der Waals surface area contributed by atoms with Crippen LogP contribution in [0.4, 0.5) is 0 Å². The van der Waals surface area contributed by atoms with Crippen LogP contribution in [0, 0.1) is 0 Å². The van der Waals surface area contributed by atoms with Gasteiger partial charge in [0.15, 0.2) is 0 Å². The van der Waals surface area contributed by atoms with Gasteiger partial charge in [-0.15, -0.1) is 0 Å². The summed E-state index contributed by atoms with van der Waals surface area (Å²) in [5, 5.41) is 6.98. The predicted octanol–water partition coefficient (Wildman–Crippen LogP) is 1.54. The number of hydrogen-bond donors (Lipinski definition) is 2. The third-order valence-electron chi connectivity index (χ3n) is 3.15. The highest BCUT2D eigenvalue weighted by atomic mass is 16.5. The molecular formula is C14H22N2O. The fourth-order valence-electron chi connectivity index (χ4n) is 2.29. The van der Waals surface area contributed by atoms with Crippen LogP contribution in [0.15, 0.2) is 30.3 Å². The molecule has 1 aliphatic rings. The monoisotopic (exact) mass is 234 g/mol. The quantitative estimate of drug-likeness (QED) is 0.783. The molecule has 1 aliphatic heterocycles. The van der Waals surface area contributed by atoms with Gasteiger partial charge in [-0.3, -0.25) is 0 Å². The molecule has 94 valence electrons. The molecule has 2 rings (SSSR count). The molecule has 0 spiro atoms. The van der Waals surface area contributed by atoms with E-state index >= 15 is 0 Å². The van der Waals surface area contributed by atoms with E-state index in [1.165, 1.54) is 5.56 Å². The highest BCUT2D eigenvalue weighted by Gasteiger charge is 2.23. The summed E-state index contributed by atoms with van der Waals surface area (Å²) in [6.45, 7) is 5.82. The first-order chi connectivity index (χ1) is 8.38. The molecule has 0 unspecified atom stereocenters. The molecule has 0 radical (unpaired) electrons. The van der Waals surface area contributed by atoms with Crippen molar-refractivity contribution in [2.75, 3.05) is 19.7 Å². The third-order valence-corrected chi connectivity index (χ3v) is 3.15. The van der Waals surface area contributed by atoms with E-state index in [4.69, 9.17) is 4.74 Å². The topological polar surface area (TPSA) is 33.3 Å². The Hall–Kier alpha value is -0.900. The van der Waals surface area contributed by atoms with Gasteiger partial charge in [-0.2, -0.15) is 0 Å². The zero-order valence-electron chi connectivity index (χ0n) is 10.5. The minimum Gasteiger partial charge on any atom is -0.377 e. The maximum atomic E-state index is 5.61. The Morgan fingerprint density at radius 2 is 2.18 bits per heavy atom. The average Bonchev–Trinajstić information content (AvgIpc) is 2.79. The van der Waals surface area contributed by atoms with Crippen LogP contribution in [0.5, 0.6) is 0 Å². The van der Waals surface area contributed by atoms with Crippen molar-refractivity contribution in [1.29, 1.82) is 0 Å².